The number of aryl methyl sites for hydroxylation is 2. The van der Waals surface area contributed by atoms with Crippen LogP contribution in [0, 0.1) is 13.8 Å². The second-order valence-electron chi connectivity index (χ2n) is 6.62. The first-order chi connectivity index (χ1) is 11.5. The molecule has 1 aromatic carbocycles. The highest BCUT2D eigenvalue weighted by atomic mass is 35.5. The average molecular weight is 389 g/mol. The summed E-state index contributed by atoms with van der Waals surface area (Å²) in [6.07, 6.45) is 0. The molecule has 0 radical (unpaired) electrons. The number of benzene rings is 1. The molecule has 1 fully saturated rings. The monoisotopic (exact) mass is 388 g/mol. The van der Waals surface area contributed by atoms with Gasteiger partial charge in [-0.15, -0.1) is 0 Å². The highest BCUT2D eigenvalue weighted by molar-refractivity contribution is 7.89. The van der Waals surface area contributed by atoms with Crippen LogP contribution in [0.2, 0.25) is 5.02 Å². The molecule has 0 spiro atoms. The lowest BCUT2D eigenvalue weighted by molar-refractivity contribution is -0.116. The maximum atomic E-state index is 12.8. The molecule has 1 aliphatic heterocycles. The molecule has 0 saturated carbocycles. The molecule has 9 heteroatoms. The van der Waals surface area contributed by atoms with E-state index in [0.717, 1.165) is 15.4 Å². The number of sulfonamides is 1. The van der Waals surface area contributed by atoms with Gasteiger partial charge < -0.3 is 5.32 Å². The van der Waals surface area contributed by atoms with Crippen LogP contribution in [0.25, 0.3) is 0 Å². The number of carbonyl (C=O) groups is 1. The Morgan fingerprint density at radius 3 is 2.32 bits per heavy atom. The van der Waals surface area contributed by atoms with E-state index < -0.39 is 21.2 Å². The van der Waals surface area contributed by atoms with E-state index in [1.165, 1.54) is 7.05 Å². The quantitative estimate of drug-likeness (QED) is 0.709. The van der Waals surface area contributed by atoms with E-state index in [1.807, 2.05) is 19.9 Å². The molecule has 140 valence electrons. The molecular formula is C16H25ClN4O3S. The van der Waals surface area contributed by atoms with E-state index in [2.05, 4.69) is 16.2 Å². The maximum Gasteiger partial charge on any atom is 0.239 e. The number of hydrogen-bond acceptors (Lipinski definition) is 5. The average Bonchev–Trinajstić information content (AvgIpc) is 2.82. The molecule has 2 unspecified atom stereocenters. The summed E-state index contributed by atoms with van der Waals surface area (Å²) < 4.78 is 26.6. The fourth-order valence-corrected chi connectivity index (χ4v) is 5.38. The first kappa shape index (κ1) is 20.1. The van der Waals surface area contributed by atoms with E-state index in [9.17, 15) is 13.2 Å². The number of hydrazine groups is 1. The molecule has 2 atom stereocenters. The van der Waals surface area contributed by atoms with Crippen LogP contribution in [0.15, 0.2) is 12.1 Å². The van der Waals surface area contributed by atoms with Crippen molar-refractivity contribution in [2.45, 2.75) is 45.0 Å². The predicted octanol–water partition coefficient (Wildman–Crippen LogP) is 1.41. The smallest absolute Gasteiger partial charge is 0.239 e. The molecule has 25 heavy (non-hydrogen) atoms. The van der Waals surface area contributed by atoms with Crippen molar-refractivity contribution in [1.29, 1.82) is 0 Å². The standard InChI is InChI=1S/C16H25ClN4O3S/c1-9-6-10(2)15(13(17)7-9)18-14(22)8-21(5)25(23,24)16-11(3)19-20-12(16)4/h6-7,11-12,16,19-20H,8H2,1-5H3,(H,18,22). The number of nitrogens with zero attached hydrogens (tertiary/aromatic N) is 1. The fourth-order valence-electron chi connectivity index (χ4n) is 3.13. The zero-order valence-corrected chi connectivity index (χ0v) is 16.6. The Labute approximate surface area is 154 Å². The number of anilines is 1. The van der Waals surface area contributed by atoms with Crippen molar-refractivity contribution in [3.05, 3.63) is 28.3 Å². The van der Waals surface area contributed by atoms with Crippen molar-refractivity contribution in [3.63, 3.8) is 0 Å². The van der Waals surface area contributed by atoms with Gasteiger partial charge in [-0.3, -0.25) is 15.6 Å². The zero-order chi connectivity index (χ0) is 18.9. The van der Waals surface area contributed by atoms with E-state index >= 15 is 0 Å². The molecule has 1 amide bonds. The van der Waals surface area contributed by atoms with Crippen LogP contribution >= 0.6 is 11.6 Å². The SMILES string of the molecule is Cc1cc(C)c(NC(=O)CN(C)S(=O)(=O)C2C(C)NNC2C)c(Cl)c1. The molecule has 1 aromatic rings. The Hall–Kier alpha value is -1.19. The zero-order valence-electron chi connectivity index (χ0n) is 15.1. The Bertz CT molecular complexity index is 736. The Morgan fingerprint density at radius 1 is 1.24 bits per heavy atom. The summed E-state index contributed by atoms with van der Waals surface area (Å²) in [6, 6.07) is 3.16. The van der Waals surface area contributed by atoms with Crippen molar-refractivity contribution in [3.8, 4) is 0 Å². The van der Waals surface area contributed by atoms with Crippen LogP contribution in [0.4, 0.5) is 5.69 Å². The largest absolute Gasteiger partial charge is 0.323 e. The summed E-state index contributed by atoms with van der Waals surface area (Å²) in [7, 11) is -2.22. The number of amides is 1. The number of halogens is 1. The highest BCUT2D eigenvalue weighted by Crippen LogP contribution is 2.27. The summed E-state index contributed by atoms with van der Waals surface area (Å²) in [4.78, 5) is 12.3. The third kappa shape index (κ3) is 4.32. The third-order valence-electron chi connectivity index (χ3n) is 4.37. The van der Waals surface area contributed by atoms with Crippen LogP contribution < -0.4 is 16.2 Å². The van der Waals surface area contributed by atoms with Crippen LogP contribution in [0.3, 0.4) is 0 Å². The molecule has 1 saturated heterocycles. The first-order valence-electron chi connectivity index (χ1n) is 8.07. The van der Waals surface area contributed by atoms with Crippen molar-refractivity contribution in [2.24, 2.45) is 0 Å². The lowest BCUT2D eigenvalue weighted by atomic mass is 10.1. The van der Waals surface area contributed by atoms with E-state index in [4.69, 9.17) is 11.6 Å². The van der Waals surface area contributed by atoms with E-state index in [-0.39, 0.29) is 18.6 Å². The molecule has 7 nitrogen and oxygen atoms in total. The van der Waals surface area contributed by atoms with Crippen LogP contribution in [-0.2, 0) is 14.8 Å². The summed E-state index contributed by atoms with van der Waals surface area (Å²) >= 11 is 6.18. The van der Waals surface area contributed by atoms with Gasteiger partial charge in [0.1, 0.15) is 5.25 Å². The topological polar surface area (TPSA) is 90.5 Å². The van der Waals surface area contributed by atoms with Gasteiger partial charge in [-0.1, -0.05) is 17.7 Å². The van der Waals surface area contributed by atoms with Crippen molar-refractivity contribution >= 4 is 33.2 Å². The highest BCUT2D eigenvalue weighted by Gasteiger charge is 2.42. The van der Waals surface area contributed by atoms with Gasteiger partial charge in [-0.2, -0.15) is 4.31 Å². The van der Waals surface area contributed by atoms with Crippen LogP contribution in [-0.4, -0.2) is 49.6 Å². The predicted molar refractivity (Wildman–Crippen MR) is 100 cm³/mol. The number of rotatable bonds is 5. The fraction of sp³-hybridized carbons (Fsp3) is 0.562. The number of nitrogens with one attached hydrogen (secondary N) is 3. The van der Waals surface area contributed by atoms with E-state index in [0.29, 0.717) is 10.7 Å². The van der Waals surface area contributed by atoms with Crippen molar-refractivity contribution < 1.29 is 13.2 Å². The number of hydrogen-bond donors (Lipinski definition) is 3. The van der Waals surface area contributed by atoms with Gasteiger partial charge >= 0.3 is 0 Å². The maximum absolute atomic E-state index is 12.8. The minimum absolute atomic E-state index is 0.251. The molecule has 0 bridgehead atoms. The molecule has 2 rings (SSSR count). The minimum Gasteiger partial charge on any atom is -0.323 e. The van der Waals surface area contributed by atoms with Gasteiger partial charge in [0.05, 0.1) is 17.3 Å². The van der Waals surface area contributed by atoms with Crippen molar-refractivity contribution in [1.82, 2.24) is 15.2 Å². The third-order valence-corrected chi connectivity index (χ3v) is 7.17. The second-order valence-corrected chi connectivity index (χ2v) is 9.22. The Morgan fingerprint density at radius 2 is 1.80 bits per heavy atom. The van der Waals surface area contributed by atoms with Gasteiger partial charge in [0.15, 0.2) is 0 Å². The summed E-state index contributed by atoms with van der Waals surface area (Å²) in [6.45, 7) is 7.07. The Kier molecular flexibility index (Phi) is 6.11. The van der Waals surface area contributed by atoms with Gasteiger partial charge in [0, 0.05) is 19.1 Å². The molecule has 3 N–H and O–H groups in total. The number of carbonyl (C=O) groups excluding carboxylic acids is 1. The second kappa shape index (κ2) is 7.59. The molecule has 1 heterocycles. The van der Waals surface area contributed by atoms with Crippen LogP contribution in [0.1, 0.15) is 25.0 Å². The normalized spacial score (nSPS) is 23.9. The van der Waals surface area contributed by atoms with Gasteiger partial charge in [-0.05, 0) is 44.9 Å². The Balaban J connectivity index is 2.10. The number of likely N-dealkylation sites (N-methyl/N-ethyl adjacent to an activating group) is 1. The molecule has 0 aromatic heterocycles. The molecular weight excluding hydrogens is 364 g/mol. The molecule has 1 aliphatic rings. The van der Waals surface area contributed by atoms with Gasteiger partial charge in [0.2, 0.25) is 15.9 Å². The summed E-state index contributed by atoms with van der Waals surface area (Å²) in [5, 5.41) is 2.50. The van der Waals surface area contributed by atoms with E-state index in [1.54, 1.807) is 19.9 Å². The van der Waals surface area contributed by atoms with Gasteiger partial charge in [-0.25, -0.2) is 8.42 Å². The minimum atomic E-state index is -3.64. The lowest BCUT2D eigenvalue weighted by Crippen LogP contribution is -2.47. The molecule has 0 aliphatic carbocycles. The van der Waals surface area contributed by atoms with Gasteiger partial charge in [0.25, 0.3) is 0 Å². The van der Waals surface area contributed by atoms with Crippen molar-refractivity contribution in [2.75, 3.05) is 18.9 Å². The van der Waals surface area contributed by atoms with Crippen LogP contribution in [0.5, 0.6) is 0 Å². The summed E-state index contributed by atoms with van der Waals surface area (Å²) in [5.41, 5.74) is 8.17. The summed E-state index contributed by atoms with van der Waals surface area (Å²) in [5.74, 6) is -0.431. The first-order valence-corrected chi connectivity index (χ1v) is 9.95. The lowest BCUT2D eigenvalue weighted by Gasteiger charge is -2.25.